The Hall–Kier alpha value is -1.03. The minimum absolute atomic E-state index is 0.386. The maximum absolute atomic E-state index is 10.8. The van der Waals surface area contributed by atoms with Crippen LogP contribution in [0.3, 0.4) is 0 Å². The first kappa shape index (κ1) is 15.0. The quantitative estimate of drug-likeness (QED) is 0.723. The summed E-state index contributed by atoms with van der Waals surface area (Å²) in [4.78, 5) is 21.6. The first-order valence-electron chi connectivity index (χ1n) is 5.66. The predicted molar refractivity (Wildman–Crippen MR) is 64.9 cm³/mol. The lowest BCUT2D eigenvalue weighted by Crippen LogP contribution is -2.15. The van der Waals surface area contributed by atoms with Gasteiger partial charge in [-0.25, -0.2) is 0 Å². The van der Waals surface area contributed by atoms with Gasteiger partial charge in [-0.2, -0.15) is 0 Å². The summed E-state index contributed by atoms with van der Waals surface area (Å²) in [7, 11) is -1.58. The minimum atomic E-state index is -4.59. The third kappa shape index (κ3) is 4.02. The van der Waals surface area contributed by atoms with Crippen molar-refractivity contribution in [2.24, 2.45) is 0 Å². The van der Waals surface area contributed by atoms with E-state index >= 15 is 0 Å². The molecular formula is C12H17O5P-2. The molecule has 0 fully saturated rings. The Bertz CT molecular complexity index is 427. The smallest absolute Gasteiger partial charge is 0.126 e. The monoisotopic (exact) mass is 272 g/mol. The Morgan fingerprint density at radius 3 is 2.00 bits per heavy atom. The van der Waals surface area contributed by atoms with Gasteiger partial charge in [0.05, 0.1) is 14.2 Å². The van der Waals surface area contributed by atoms with Crippen molar-refractivity contribution in [2.75, 3.05) is 14.2 Å². The van der Waals surface area contributed by atoms with Crippen LogP contribution in [0.5, 0.6) is 11.5 Å². The number of hydrogen-bond donors (Lipinski definition) is 0. The summed E-state index contributed by atoms with van der Waals surface area (Å²) >= 11 is 0. The first-order valence-corrected chi connectivity index (χ1v) is 7.39. The fourth-order valence-electron chi connectivity index (χ4n) is 1.85. The summed E-state index contributed by atoms with van der Waals surface area (Å²) < 4.78 is 21.2. The van der Waals surface area contributed by atoms with E-state index in [9.17, 15) is 14.4 Å². The fraction of sp³-hybridized carbons (Fsp3) is 0.500. The molecule has 0 radical (unpaired) electrons. The second kappa shape index (κ2) is 6.23. The maximum atomic E-state index is 10.8. The van der Waals surface area contributed by atoms with Gasteiger partial charge >= 0.3 is 0 Å². The van der Waals surface area contributed by atoms with Crippen molar-refractivity contribution in [1.29, 1.82) is 0 Å². The van der Waals surface area contributed by atoms with Gasteiger partial charge in [-0.15, -0.1) is 0 Å². The van der Waals surface area contributed by atoms with Gasteiger partial charge in [0, 0.05) is 11.7 Å². The summed E-state index contributed by atoms with van der Waals surface area (Å²) in [5.41, 5.74) is 1.27. The molecule has 0 saturated carbocycles. The van der Waals surface area contributed by atoms with Crippen molar-refractivity contribution < 1.29 is 23.8 Å². The second-order valence-corrected chi connectivity index (χ2v) is 5.54. The molecule has 0 saturated heterocycles. The highest BCUT2D eigenvalue weighted by Gasteiger charge is 2.12. The summed E-state index contributed by atoms with van der Waals surface area (Å²) in [6.45, 7) is 2.02. The molecule has 18 heavy (non-hydrogen) atoms. The van der Waals surface area contributed by atoms with E-state index in [0.717, 1.165) is 18.4 Å². The van der Waals surface area contributed by atoms with Crippen molar-refractivity contribution >= 4 is 7.60 Å². The maximum Gasteiger partial charge on any atom is 0.126 e. The molecular weight excluding hydrogens is 255 g/mol. The van der Waals surface area contributed by atoms with E-state index in [4.69, 9.17) is 9.47 Å². The van der Waals surface area contributed by atoms with Gasteiger partial charge in [-0.05, 0) is 24.1 Å². The van der Waals surface area contributed by atoms with E-state index < -0.39 is 13.8 Å². The van der Waals surface area contributed by atoms with E-state index in [1.54, 1.807) is 12.1 Å². The molecule has 0 heterocycles. The fourth-order valence-corrected chi connectivity index (χ4v) is 2.48. The van der Waals surface area contributed by atoms with Gasteiger partial charge in [0.1, 0.15) is 11.5 Å². The van der Waals surface area contributed by atoms with Crippen LogP contribution in [-0.2, 0) is 17.1 Å². The van der Waals surface area contributed by atoms with Crippen LogP contribution in [0.2, 0.25) is 0 Å². The minimum Gasteiger partial charge on any atom is -0.810 e. The van der Waals surface area contributed by atoms with Gasteiger partial charge in [0.2, 0.25) is 0 Å². The van der Waals surface area contributed by atoms with Crippen molar-refractivity contribution in [3.63, 3.8) is 0 Å². The Kier molecular flexibility index (Phi) is 5.20. The zero-order chi connectivity index (χ0) is 13.8. The van der Waals surface area contributed by atoms with Crippen LogP contribution in [0, 0.1) is 0 Å². The molecule has 0 bridgehead atoms. The number of rotatable bonds is 6. The molecule has 5 nitrogen and oxygen atoms in total. The molecule has 0 unspecified atom stereocenters. The molecule has 0 N–H and O–H groups in total. The summed E-state index contributed by atoms with van der Waals surface area (Å²) in [5.74, 6) is 1.11. The highest BCUT2D eigenvalue weighted by atomic mass is 31.2. The Morgan fingerprint density at radius 1 is 1.17 bits per heavy atom. The highest BCUT2D eigenvalue weighted by molar-refractivity contribution is 7.47. The lowest BCUT2D eigenvalue weighted by Gasteiger charge is -2.29. The third-order valence-corrected chi connectivity index (χ3v) is 3.30. The Morgan fingerprint density at radius 2 is 1.67 bits per heavy atom. The molecule has 0 atom stereocenters. The lowest BCUT2D eigenvalue weighted by molar-refractivity contribution is -0.314. The lowest BCUT2D eigenvalue weighted by atomic mass is 10.1. The molecule has 0 aliphatic heterocycles. The van der Waals surface area contributed by atoms with Crippen LogP contribution < -0.4 is 19.3 Å². The van der Waals surface area contributed by atoms with E-state index in [-0.39, 0.29) is 0 Å². The topological polar surface area (TPSA) is 81.7 Å². The van der Waals surface area contributed by atoms with Crippen molar-refractivity contribution in [3.8, 4) is 11.5 Å². The van der Waals surface area contributed by atoms with Crippen LogP contribution in [0.1, 0.15) is 24.5 Å². The molecule has 102 valence electrons. The molecule has 0 amide bonds. The molecule has 6 heteroatoms. The van der Waals surface area contributed by atoms with E-state index in [2.05, 4.69) is 0 Å². The second-order valence-electron chi connectivity index (χ2n) is 4.00. The average molecular weight is 272 g/mol. The standard InChI is InChI=1S/C12H19O5P/c1-4-5-10-11(16-2)6-9(7-12(10)17-3)8-18(13,14)15/h6-7H,4-5,8H2,1-3H3,(H2,13,14,15)/p-2. The summed E-state index contributed by atoms with van der Waals surface area (Å²) in [6, 6.07) is 3.16. The Labute approximate surface area is 107 Å². The zero-order valence-electron chi connectivity index (χ0n) is 10.8. The van der Waals surface area contributed by atoms with Crippen LogP contribution in [0.25, 0.3) is 0 Å². The largest absolute Gasteiger partial charge is 0.810 e. The van der Waals surface area contributed by atoms with Gasteiger partial charge in [-0.1, -0.05) is 20.9 Å². The van der Waals surface area contributed by atoms with Crippen LogP contribution >= 0.6 is 7.60 Å². The van der Waals surface area contributed by atoms with Gasteiger partial charge in [0.15, 0.2) is 0 Å². The van der Waals surface area contributed by atoms with E-state index in [1.165, 1.54) is 14.2 Å². The Balaban J connectivity index is 3.21. The number of benzene rings is 1. The zero-order valence-corrected chi connectivity index (χ0v) is 11.7. The van der Waals surface area contributed by atoms with Gasteiger partial charge < -0.3 is 23.8 Å². The molecule has 1 rings (SSSR count). The summed E-state index contributed by atoms with van der Waals surface area (Å²) in [5, 5.41) is 0. The summed E-state index contributed by atoms with van der Waals surface area (Å²) in [6.07, 6.45) is 1.14. The molecule has 0 aliphatic carbocycles. The first-order chi connectivity index (χ1) is 8.41. The third-order valence-electron chi connectivity index (χ3n) is 2.54. The number of hydrogen-bond acceptors (Lipinski definition) is 5. The van der Waals surface area contributed by atoms with Crippen LogP contribution in [0.4, 0.5) is 0 Å². The molecule has 0 aromatic heterocycles. The molecule has 0 spiro atoms. The van der Waals surface area contributed by atoms with Gasteiger partial charge in [-0.3, -0.25) is 0 Å². The van der Waals surface area contributed by atoms with Crippen LogP contribution in [0.15, 0.2) is 12.1 Å². The number of methoxy groups -OCH3 is 2. The van der Waals surface area contributed by atoms with Crippen molar-refractivity contribution in [1.82, 2.24) is 0 Å². The molecule has 1 aromatic carbocycles. The van der Waals surface area contributed by atoms with Crippen molar-refractivity contribution in [3.05, 3.63) is 23.3 Å². The van der Waals surface area contributed by atoms with Gasteiger partial charge in [0.25, 0.3) is 0 Å². The SMILES string of the molecule is CCCc1c(OC)cc(CP(=O)([O-])[O-])cc1OC. The molecule has 1 aromatic rings. The van der Waals surface area contributed by atoms with E-state index in [0.29, 0.717) is 17.1 Å². The normalized spacial score (nSPS) is 11.4. The van der Waals surface area contributed by atoms with E-state index in [1.807, 2.05) is 6.92 Å². The predicted octanol–water partition coefficient (Wildman–Crippen LogP) is 1.07. The van der Waals surface area contributed by atoms with Crippen molar-refractivity contribution in [2.45, 2.75) is 25.9 Å². The van der Waals surface area contributed by atoms with Crippen LogP contribution in [-0.4, -0.2) is 14.2 Å². The number of ether oxygens (including phenoxy) is 2. The molecule has 0 aliphatic rings. The highest BCUT2D eigenvalue weighted by Crippen LogP contribution is 2.36. The average Bonchev–Trinajstić information content (AvgIpc) is 2.28.